The van der Waals surface area contributed by atoms with E-state index < -0.39 is 17.8 Å². The molecule has 0 radical (unpaired) electrons. The van der Waals surface area contributed by atoms with Gasteiger partial charge in [0.25, 0.3) is 0 Å². The standard InChI is InChI=1S/C28H32FN7O2/c1-18(2)14-23(25(37)38-3)32-27-33-26(31-22-11-7-10-21(29)16-22)34-28(35-27)36-13-12-19(17-30)15-24(36)20-8-5-4-6-9-20/h4-11,16,18-19,23-24H,12-15H2,1-3H3,(H2,31,32,33,34,35)/t19?,23-,24?/m0/s1. The number of ether oxygens (including phenoxy) is 1. The Morgan fingerprint density at radius 2 is 1.92 bits per heavy atom. The average molecular weight is 518 g/mol. The summed E-state index contributed by atoms with van der Waals surface area (Å²) < 4.78 is 18.9. The normalized spacial score (nSPS) is 17.9. The van der Waals surface area contributed by atoms with Crippen LogP contribution in [0.3, 0.4) is 0 Å². The van der Waals surface area contributed by atoms with Crippen LogP contribution in [0.5, 0.6) is 0 Å². The first-order chi connectivity index (χ1) is 18.4. The van der Waals surface area contributed by atoms with Crippen LogP contribution >= 0.6 is 0 Å². The molecule has 9 nitrogen and oxygen atoms in total. The molecule has 1 aliphatic heterocycles. The smallest absolute Gasteiger partial charge is 0.328 e. The van der Waals surface area contributed by atoms with Crippen molar-refractivity contribution >= 4 is 29.5 Å². The average Bonchev–Trinajstić information content (AvgIpc) is 2.92. The topological polar surface area (TPSA) is 116 Å². The molecule has 3 aromatic rings. The molecule has 0 amide bonds. The van der Waals surface area contributed by atoms with Gasteiger partial charge in [0.2, 0.25) is 17.8 Å². The van der Waals surface area contributed by atoms with Crippen molar-refractivity contribution in [3.05, 3.63) is 66.0 Å². The molecule has 10 heteroatoms. The van der Waals surface area contributed by atoms with Crippen LogP contribution in [0.25, 0.3) is 0 Å². The van der Waals surface area contributed by atoms with Crippen LogP contribution in [0.2, 0.25) is 0 Å². The fourth-order valence-corrected chi connectivity index (χ4v) is 4.61. The lowest BCUT2D eigenvalue weighted by Gasteiger charge is -2.38. The molecule has 0 saturated carbocycles. The van der Waals surface area contributed by atoms with E-state index >= 15 is 0 Å². The van der Waals surface area contributed by atoms with Gasteiger partial charge in [0.15, 0.2) is 0 Å². The van der Waals surface area contributed by atoms with Crippen molar-refractivity contribution in [3.8, 4) is 6.07 Å². The minimum atomic E-state index is -0.661. The number of nitrogens with zero attached hydrogens (tertiary/aromatic N) is 5. The number of nitrogens with one attached hydrogen (secondary N) is 2. The summed E-state index contributed by atoms with van der Waals surface area (Å²) in [5.74, 6) is 0.0931. The molecule has 1 aliphatic rings. The molecule has 198 valence electrons. The summed E-state index contributed by atoms with van der Waals surface area (Å²) in [5.41, 5.74) is 1.52. The number of aromatic nitrogens is 3. The first-order valence-electron chi connectivity index (χ1n) is 12.7. The highest BCUT2D eigenvalue weighted by molar-refractivity contribution is 5.78. The zero-order valence-electron chi connectivity index (χ0n) is 21.8. The third-order valence-electron chi connectivity index (χ3n) is 6.43. The number of piperidine rings is 1. The number of rotatable bonds is 9. The number of anilines is 4. The van der Waals surface area contributed by atoms with Gasteiger partial charge in [-0.05, 0) is 48.9 Å². The van der Waals surface area contributed by atoms with Crippen molar-refractivity contribution in [2.45, 2.75) is 45.2 Å². The Balaban J connectivity index is 1.74. The van der Waals surface area contributed by atoms with Crippen LogP contribution in [-0.2, 0) is 9.53 Å². The molecule has 1 saturated heterocycles. The summed E-state index contributed by atoms with van der Waals surface area (Å²) in [5, 5.41) is 15.8. The van der Waals surface area contributed by atoms with Crippen LogP contribution in [0.15, 0.2) is 54.6 Å². The van der Waals surface area contributed by atoms with Gasteiger partial charge in [-0.3, -0.25) is 0 Å². The van der Waals surface area contributed by atoms with E-state index in [-0.39, 0.29) is 29.8 Å². The van der Waals surface area contributed by atoms with Crippen molar-refractivity contribution in [1.82, 2.24) is 15.0 Å². The van der Waals surface area contributed by atoms with Crippen molar-refractivity contribution in [3.63, 3.8) is 0 Å². The van der Waals surface area contributed by atoms with E-state index in [0.29, 0.717) is 37.4 Å². The van der Waals surface area contributed by atoms with Crippen LogP contribution in [0.4, 0.5) is 27.9 Å². The number of halogens is 1. The fraction of sp³-hybridized carbons (Fsp3) is 0.393. The SMILES string of the molecule is COC(=O)[C@H](CC(C)C)Nc1nc(Nc2cccc(F)c2)nc(N2CCC(C#N)CC2c2ccccc2)n1. The second-order valence-corrected chi connectivity index (χ2v) is 9.74. The number of nitriles is 1. The Morgan fingerprint density at radius 1 is 1.16 bits per heavy atom. The molecule has 1 fully saturated rings. The van der Waals surface area contributed by atoms with Gasteiger partial charge in [0.1, 0.15) is 11.9 Å². The van der Waals surface area contributed by atoms with E-state index in [2.05, 4.69) is 31.6 Å². The molecule has 3 atom stereocenters. The predicted octanol–water partition coefficient (Wildman–Crippen LogP) is 5.24. The van der Waals surface area contributed by atoms with Gasteiger partial charge >= 0.3 is 5.97 Å². The van der Waals surface area contributed by atoms with Gasteiger partial charge in [-0.25, -0.2) is 9.18 Å². The highest BCUT2D eigenvalue weighted by Crippen LogP contribution is 2.36. The molecule has 2 heterocycles. The lowest BCUT2D eigenvalue weighted by Crippen LogP contribution is -2.38. The number of hydrogen-bond acceptors (Lipinski definition) is 9. The maximum absolute atomic E-state index is 13.9. The Labute approximate surface area is 222 Å². The van der Waals surface area contributed by atoms with E-state index in [1.165, 1.54) is 19.2 Å². The van der Waals surface area contributed by atoms with Crippen LogP contribution in [-0.4, -0.2) is 40.6 Å². The zero-order chi connectivity index (χ0) is 27.1. The summed E-state index contributed by atoms with van der Waals surface area (Å²) >= 11 is 0. The second-order valence-electron chi connectivity index (χ2n) is 9.74. The maximum atomic E-state index is 13.9. The Hall–Kier alpha value is -4.26. The third-order valence-corrected chi connectivity index (χ3v) is 6.43. The first-order valence-corrected chi connectivity index (χ1v) is 12.7. The molecule has 2 aromatic carbocycles. The number of carbonyl (C=O) groups is 1. The quantitative estimate of drug-likeness (QED) is 0.368. The van der Waals surface area contributed by atoms with E-state index in [4.69, 9.17) is 9.72 Å². The number of hydrogen-bond donors (Lipinski definition) is 2. The zero-order valence-corrected chi connectivity index (χ0v) is 21.8. The lowest BCUT2D eigenvalue weighted by molar-refractivity contribution is -0.141. The van der Waals surface area contributed by atoms with Crippen LogP contribution in [0.1, 0.15) is 44.7 Å². The van der Waals surface area contributed by atoms with Crippen molar-refractivity contribution in [2.24, 2.45) is 11.8 Å². The van der Waals surface area contributed by atoms with Gasteiger partial charge in [0.05, 0.1) is 25.1 Å². The molecule has 2 N–H and O–H groups in total. The number of esters is 1. The largest absolute Gasteiger partial charge is 0.467 e. The predicted molar refractivity (Wildman–Crippen MR) is 143 cm³/mol. The van der Waals surface area contributed by atoms with Gasteiger partial charge in [-0.1, -0.05) is 50.2 Å². The fourth-order valence-electron chi connectivity index (χ4n) is 4.61. The molecular formula is C28H32FN7O2. The van der Waals surface area contributed by atoms with Gasteiger partial charge in [-0.2, -0.15) is 20.2 Å². The number of carbonyl (C=O) groups excluding carboxylic acids is 1. The van der Waals surface area contributed by atoms with E-state index in [9.17, 15) is 14.4 Å². The van der Waals surface area contributed by atoms with E-state index in [1.54, 1.807) is 12.1 Å². The Bertz CT molecular complexity index is 1280. The van der Waals surface area contributed by atoms with Crippen molar-refractivity contribution in [1.29, 1.82) is 5.26 Å². The highest BCUT2D eigenvalue weighted by atomic mass is 19.1. The summed E-state index contributed by atoms with van der Waals surface area (Å²) in [6, 6.07) is 17.6. The number of methoxy groups -OCH3 is 1. The van der Waals surface area contributed by atoms with E-state index in [0.717, 1.165) is 5.56 Å². The van der Waals surface area contributed by atoms with Crippen molar-refractivity contribution < 1.29 is 13.9 Å². The Morgan fingerprint density at radius 3 is 2.61 bits per heavy atom. The molecule has 4 rings (SSSR count). The molecule has 0 bridgehead atoms. The van der Waals surface area contributed by atoms with Crippen LogP contribution < -0.4 is 15.5 Å². The van der Waals surface area contributed by atoms with Gasteiger partial charge in [0, 0.05) is 12.2 Å². The minimum Gasteiger partial charge on any atom is -0.467 e. The summed E-state index contributed by atoms with van der Waals surface area (Å²) in [7, 11) is 1.34. The minimum absolute atomic E-state index is 0.0875. The molecule has 0 spiro atoms. The molecular weight excluding hydrogens is 485 g/mol. The molecule has 38 heavy (non-hydrogen) atoms. The van der Waals surface area contributed by atoms with E-state index in [1.807, 2.05) is 44.2 Å². The van der Waals surface area contributed by atoms with Crippen LogP contribution in [0, 0.1) is 29.0 Å². The molecule has 2 unspecified atom stereocenters. The third kappa shape index (κ3) is 6.73. The molecule has 1 aromatic heterocycles. The van der Waals surface area contributed by atoms with Gasteiger partial charge in [-0.15, -0.1) is 0 Å². The van der Waals surface area contributed by atoms with Gasteiger partial charge < -0.3 is 20.3 Å². The molecule has 0 aliphatic carbocycles. The summed E-state index contributed by atoms with van der Waals surface area (Å²) in [4.78, 5) is 28.4. The summed E-state index contributed by atoms with van der Waals surface area (Å²) in [6.07, 6.45) is 1.80. The highest BCUT2D eigenvalue weighted by Gasteiger charge is 2.32. The monoisotopic (exact) mass is 517 g/mol. The van der Waals surface area contributed by atoms with Crippen molar-refractivity contribution in [2.75, 3.05) is 29.2 Å². The Kier molecular flexibility index (Phi) is 8.69. The lowest BCUT2D eigenvalue weighted by atomic mass is 9.88. The number of benzene rings is 2. The maximum Gasteiger partial charge on any atom is 0.328 e. The second kappa shape index (κ2) is 12.3. The first kappa shape index (κ1) is 26.8. The summed E-state index contributed by atoms with van der Waals surface area (Å²) in [6.45, 7) is 4.58.